The number of aromatic nitrogens is 2. The minimum atomic E-state index is -0.475. The van der Waals surface area contributed by atoms with Gasteiger partial charge in [-0.05, 0) is 81.4 Å². The number of hydrogen-bond donors (Lipinski definition) is 0. The summed E-state index contributed by atoms with van der Waals surface area (Å²) in [6.07, 6.45) is 0. The molecule has 0 N–H and O–H groups in total. The number of ether oxygens (including phenoxy) is 1. The van der Waals surface area contributed by atoms with Gasteiger partial charge in [0.15, 0.2) is 0 Å². The maximum Gasteiger partial charge on any atom is 0.266 e. The highest BCUT2D eigenvalue weighted by Gasteiger charge is 2.26. The van der Waals surface area contributed by atoms with Crippen molar-refractivity contribution in [2.24, 2.45) is 0 Å². The Morgan fingerprint density at radius 2 is 1.71 bits per heavy atom. The van der Waals surface area contributed by atoms with Crippen LogP contribution in [0.2, 0.25) is 5.02 Å². The fourth-order valence-electron chi connectivity index (χ4n) is 4.03. The van der Waals surface area contributed by atoms with E-state index in [1.165, 1.54) is 0 Å². The highest BCUT2D eigenvalue weighted by atomic mass is 35.5. The molecule has 4 aromatic rings. The van der Waals surface area contributed by atoms with Crippen molar-refractivity contribution in [3.05, 3.63) is 99.6 Å². The number of nitrogens with zero attached hydrogens (tertiary/aromatic N) is 3. The molecule has 0 saturated heterocycles. The van der Waals surface area contributed by atoms with Gasteiger partial charge in [0.25, 0.3) is 11.5 Å². The van der Waals surface area contributed by atoms with Crippen LogP contribution in [0, 0.1) is 0 Å². The van der Waals surface area contributed by atoms with E-state index >= 15 is 0 Å². The van der Waals surface area contributed by atoms with Gasteiger partial charge in [-0.2, -0.15) is 0 Å². The summed E-state index contributed by atoms with van der Waals surface area (Å²) in [5, 5.41) is 1.08. The van der Waals surface area contributed by atoms with Crippen molar-refractivity contribution in [1.29, 1.82) is 0 Å². The molecule has 0 saturated carbocycles. The summed E-state index contributed by atoms with van der Waals surface area (Å²) in [7, 11) is 0. The zero-order valence-corrected chi connectivity index (χ0v) is 20.1. The first kappa shape index (κ1) is 23.5. The predicted octanol–water partition coefficient (Wildman–Crippen LogP) is 5.66. The first-order valence-corrected chi connectivity index (χ1v) is 11.6. The van der Waals surface area contributed by atoms with E-state index in [4.69, 9.17) is 21.3 Å². The van der Waals surface area contributed by atoms with Crippen LogP contribution in [-0.2, 0) is 0 Å². The van der Waals surface area contributed by atoms with E-state index in [-0.39, 0.29) is 11.5 Å². The van der Waals surface area contributed by atoms with Crippen LogP contribution in [0.3, 0.4) is 0 Å². The van der Waals surface area contributed by atoms with Crippen molar-refractivity contribution in [2.75, 3.05) is 13.2 Å². The summed E-state index contributed by atoms with van der Waals surface area (Å²) in [4.78, 5) is 33.5. The molecule has 0 aliphatic carbocycles. The lowest BCUT2D eigenvalue weighted by Crippen LogP contribution is -2.37. The first-order valence-electron chi connectivity index (χ1n) is 11.3. The fraction of sp³-hybridized carbons (Fsp3) is 0.222. The van der Waals surface area contributed by atoms with Crippen molar-refractivity contribution in [3.8, 4) is 11.4 Å². The topological polar surface area (TPSA) is 64.4 Å². The molecule has 1 heterocycles. The monoisotopic (exact) mass is 475 g/mol. The summed E-state index contributed by atoms with van der Waals surface area (Å²) >= 11 is 6.00. The average molecular weight is 476 g/mol. The van der Waals surface area contributed by atoms with Crippen molar-refractivity contribution in [2.45, 2.75) is 26.8 Å². The van der Waals surface area contributed by atoms with Gasteiger partial charge in [-0.3, -0.25) is 14.2 Å². The van der Waals surface area contributed by atoms with Gasteiger partial charge < -0.3 is 9.64 Å². The Morgan fingerprint density at radius 1 is 1.03 bits per heavy atom. The van der Waals surface area contributed by atoms with Gasteiger partial charge in [-0.15, -0.1) is 0 Å². The second kappa shape index (κ2) is 10.1. The standard InChI is InChI=1S/C27H26ClN3O3/c1-4-30(26(32)19-10-12-20(28)13-11-19)18(3)25-29-24-9-7-6-8-23(24)27(33)31(25)21-14-16-22(17-15-21)34-5-2/h6-18H,4-5H2,1-3H3. The number of halogens is 1. The molecule has 6 nitrogen and oxygen atoms in total. The molecule has 3 aromatic carbocycles. The van der Waals surface area contributed by atoms with Crippen molar-refractivity contribution in [1.82, 2.24) is 14.5 Å². The number of rotatable bonds is 7. The number of hydrogen-bond acceptors (Lipinski definition) is 4. The molecular weight excluding hydrogens is 450 g/mol. The van der Waals surface area contributed by atoms with E-state index in [1.807, 2.05) is 63.2 Å². The lowest BCUT2D eigenvalue weighted by molar-refractivity contribution is 0.0693. The van der Waals surface area contributed by atoms with Gasteiger partial charge in [0.05, 0.1) is 29.2 Å². The van der Waals surface area contributed by atoms with Crippen LogP contribution in [0.25, 0.3) is 16.6 Å². The van der Waals surface area contributed by atoms with Crippen LogP contribution in [0.4, 0.5) is 0 Å². The van der Waals surface area contributed by atoms with Crippen LogP contribution in [0.5, 0.6) is 5.75 Å². The van der Waals surface area contributed by atoms with E-state index in [2.05, 4.69) is 0 Å². The number of benzene rings is 3. The first-order chi connectivity index (χ1) is 16.4. The molecule has 1 aromatic heterocycles. The third-order valence-corrected chi connectivity index (χ3v) is 5.99. The third-order valence-electron chi connectivity index (χ3n) is 5.74. The molecule has 1 amide bonds. The molecule has 7 heteroatoms. The molecule has 1 unspecified atom stereocenters. The Balaban J connectivity index is 1.85. The smallest absolute Gasteiger partial charge is 0.266 e. The minimum absolute atomic E-state index is 0.160. The van der Waals surface area contributed by atoms with E-state index in [1.54, 1.807) is 39.8 Å². The van der Waals surface area contributed by atoms with Gasteiger partial charge in [0, 0.05) is 17.1 Å². The Bertz CT molecular complexity index is 1370. The number of carbonyl (C=O) groups is 1. The summed E-state index contributed by atoms with van der Waals surface area (Å²) in [6, 6.07) is 20.9. The maximum absolute atomic E-state index is 13.6. The summed E-state index contributed by atoms with van der Waals surface area (Å²) in [5.41, 5.74) is 1.58. The van der Waals surface area contributed by atoms with Crippen LogP contribution in [0.15, 0.2) is 77.6 Å². The molecule has 174 valence electrons. The molecule has 0 aliphatic rings. The second-order valence-electron chi connectivity index (χ2n) is 7.83. The van der Waals surface area contributed by atoms with Crippen LogP contribution in [0.1, 0.15) is 43.0 Å². The molecule has 0 spiro atoms. The maximum atomic E-state index is 13.6. The van der Waals surface area contributed by atoms with Gasteiger partial charge in [0.1, 0.15) is 11.6 Å². The Kier molecular flexibility index (Phi) is 6.98. The number of fused-ring (bicyclic) bond motifs is 1. The zero-order valence-electron chi connectivity index (χ0n) is 19.4. The van der Waals surface area contributed by atoms with Gasteiger partial charge in [-0.1, -0.05) is 23.7 Å². The molecular formula is C27H26ClN3O3. The van der Waals surface area contributed by atoms with Crippen molar-refractivity contribution < 1.29 is 9.53 Å². The largest absolute Gasteiger partial charge is 0.494 e. The number of para-hydroxylation sites is 1. The van der Waals surface area contributed by atoms with E-state index in [0.29, 0.717) is 46.2 Å². The Morgan fingerprint density at radius 3 is 2.35 bits per heavy atom. The van der Waals surface area contributed by atoms with Crippen LogP contribution < -0.4 is 10.3 Å². The summed E-state index contributed by atoms with van der Waals surface area (Å²) < 4.78 is 7.14. The normalized spacial score (nSPS) is 11.9. The van der Waals surface area contributed by atoms with Gasteiger partial charge >= 0.3 is 0 Å². The molecule has 4 rings (SSSR count). The van der Waals surface area contributed by atoms with Crippen molar-refractivity contribution in [3.63, 3.8) is 0 Å². The Labute approximate surface area is 203 Å². The molecule has 0 bridgehead atoms. The highest BCUT2D eigenvalue weighted by Crippen LogP contribution is 2.25. The van der Waals surface area contributed by atoms with Gasteiger partial charge in [-0.25, -0.2) is 4.98 Å². The molecule has 0 radical (unpaired) electrons. The number of carbonyl (C=O) groups excluding carboxylic acids is 1. The third kappa shape index (κ3) is 4.54. The fourth-order valence-corrected chi connectivity index (χ4v) is 4.15. The van der Waals surface area contributed by atoms with Crippen LogP contribution in [-0.4, -0.2) is 33.5 Å². The Hall–Kier alpha value is -3.64. The zero-order chi connectivity index (χ0) is 24.2. The van der Waals surface area contributed by atoms with Crippen LogP contribution >= 0.6 is 11.6 Å². The SMILES string of the molecule is CCOc1ccc(-n2c(C(C)N(CC)C(=O)c3ccc(Cl)cc3)nc3ccccc3c2=O)cc1. The summed E-state index contributed by atoms with van der Waals surface area (Å²) in [6.45, 7) is 6.71. The van der Waals surface area contributed by atoms with E-state index in [0.717, 1.165) is 5.75 Å². The number of amides is 1. The lowest BCUT2D eigenvalue weighted by Gasteiger charge is -2.29. The summed E-state index contributed by atoms with van der Waals surface area (Å²) in [5.74, 6) is 1.04. The highest BCUT2D eigenvalue weighted by molar-refractivity contribution is 6.30. The minimum Gasteiger partial charge on any atom is -0.494 e. The van der Waals surface area contributed by atoms with E-state index in [9.17, 15) is 9.59 Å². The lowest BCUT2D eigenvalue weighted by atomic mass is 10.1. The molecule has 0 aliphatic heterocycles. The quantitative estimate of drug-likeness (QED) is 0.346. The molecule has 1 atom stereocenters. The predicted molar refractivity (Wildman–Crippen MR) is 135 cm³/mol. The second-order valence-corrected chi connectivity index (χ2v) is 8.27. The average Bonchev–Trinajstić information content (AvgIpc) is 2.85. The van der Waals surface area contributed by atoms with Gasteiger partial charge in [0.2, 0.25) is 0 Å². The molecule has 34 heavy (non-hydrogen) atoms. The van der Waals surface area contributed by atoms with E-state index < -0.39 is 6.04 Å². The van der Waals surface area contributed by atoms with Crippen molar-refractivity contribution >= 4 is 28.4 Å². The molecule has 0 fully saturated rings.